The maximum Gasteiger partial charge on any atom is 0.191 e. The molecule has 1 heterocycles. The van der Waals surface area contributed by atoms with E-state index < -0.39 is 23.0 Å². The number of carbonyl (C=O) groups is 1. The standard InChI is InChI=1S/C21H17ClF2N2O/c1-13-6-8-15(9-7-13)12-26-21(22)16(14(2)25-26)10-11-19(27)20-17(23)4-3-5-18(20)24/h3-11H,12H2,1-2H3/b11-10+. The lowest BCUT2D eigenvalue weighted by Gasteiger charge is -2.04. The molecule has 0 saturated carbocycles. The van der Waals surface area contributed by atoms with Crippen LogP contribution in [0.3, 0.4) is 0 Å². The van der Waals surface area contributed by atoms with Gasteiger partial charge in [0, 0.05) is 5.56 Å². The molecule has 0 atom stereocenters. The van der Waals surface area contributed by atoms with Crippen LogP contribution in [0, 0.1) is 25.5 Å². The van der Waals surface area contributed by atoms with Crippen molar-refractivity contribution in [3.63, 3.8) is 0 Å². The van der Waals surface area contributed by atoms with Gasteiger partial charge in [0.2, 0.25) is 0 Å². The molecule has 0 aliphatic rings. The number of aromatic nitrogens is 2. The second kappa shape index (κ2) is 7.84. The van der Waals surface area contributed by atoms with Gasteiger partial charge in [-0.2, -0.15) is 5.10 Å². The molecule has 0 bridgehead atoms. The molecule has 0 unspecified atom stereocenters. The summed E-state index contributed by atoms with van der Waals surface area (Å²) in [4.78, 5) is 12.2. The lowest BCUT2D eigenvalue weighted by molar-refractivity contribution is 0.104. The monoisotopic (exact) mass is 386 g/mol. The number of nitrogens with zero attached hydrogens (tertiary/aromatic N) is 2. The lowest BCUT2D eigenvalue weighted by atomic mass is 10.1. The third kappa shape index (κ3) is 4.14. The van der Waals surface area contributed by atoms with Crippen molar-refractivity contribution in [2.24, 2.45) is 0 Å². The van der Waals surface area contributed by atoms with Crippen molar-refractivity contribution >= 4 is 23.5 Å². The zero-order valence-electron chi connectivity index (χ0n) is 14.8. The summed E-state index contributed by atoms with van der Waals surface area (Å²) in [6.07, 6.45) is 2.54. The highest BCUT2D eigenvalue weighted by Crippen LogP contribution is 2.23. The lowest BCUT2D eigenvalue weighted by Crippen LogP contribution is -2.02. The fourth-order valence-electron chi connectivity index (χ4n) is 2.70. The molecule has 6 heteroatoms. The predicted octanol–water partition coefficient (Wildman–Crippen LogP) is 5.38. The molecule has 1 aromatic heterocycles. The van der Waals surface area contributed by atoms with Gasteiger partial charge in [0.25, 0.3) is 0 Å². The Morgan fingerprint density at radius 1 is 1.11 bits per heavy atom. The highest BCUT2D eigenvalue weighted by atomic mass is 35.5. The Balaban J connectivity index is 1.85. The van der Waals surface area contributed by atoms with Gasteiger partial charge in [-0.3, -0.25) is 4.79 Å². The minimum Gasteiger partial charge on any atom is -0.289 e. The number of hydrogen-bond donors (Lipinski definition) is 0. The molecule has 3 nitrogen and oxygen atoms in total. The van der Waals surface area contributed by atoms with E-state index in [0.29, 0.717) is 23.0 Å². The summed E-state index contributed by atoms with van der Waals surface area (Å²) in [7, 11) is 0. The van der Waals surface area contributed by atoms with Crippen molar-refractivity contribution < 1.29 is 13.6 Å². The van der Waals surface area contributed by atoms with Crippen molar-refractivity contribution in [2.45, 2.75) is 20.4 Å². The summed E-state index contributed by atoms with van der Waals surface area (Å²) in [5, 5.41) is 4.74. The van der Waals surface area contributed by atoms with E-state index >= 15 is 0 Å². The first kappa shape index (κ1) is 19.0. The molecule has 27 heavy (non-hydrogen) atoms. The topological polar surface area (TPSA) is 34.9 Å². The number of halogens is 3. The van der Waals surface area contributed by atoms with Gasteiger partial charge in [0.15, 0.2) is 5.78 Å². The van der Waals surface area contributed by atoms with Crippen LogP contribution in [0.15, 0.2) is 48.5 Å². The maximum atomic E-state index is 13.7. The number of ketones is 1. The second-order valence-electron chi connectivity index (χ2n) is 6.23. The van der Waals surface area contributed by atoms with Gasteiger partial charge >= 0.3 is 0 Å². The molecule has 0 saturated heterocycles. The van der Waals surface area contributed by atoms with Crippen LogP contribution in [0.2, 0.25) is 5.15 Å². The number of allylic oxidation sites excluding steroid dienone is 1. The highest BCUT2D eigenvalue weighted by Gasteiger charge is 2.16. The molecular weight excluding hydrogens is 370 g/mol. The van der Waals surface area contributed by atoms with Gasteiger partial charge in [-0.05, 0) is 43.7 Å². The average Bonchev–Trinajstić information content (AvgIpc) is 2.88. The number of benzene rings is 2. The third-order valence-electron chi connectivity index (χ3n) is 4.17. The molecule has 0 spiro atoms. The number of rotatable bonds is 5. The minimum absolute atomic E-state index is 0.353. The zero-order valence-corrected chi connectivity index (χ0v) is 15.6. The van der Waals surface area contributed by atoms with Gasteiger partial charge in [-0.1, -0.05) is 47.5 Å². The molecule has 0 fully saturated rings. The summed E-state index contributed by atoms with van der Waals surface area (Å²) in [5.74, 6) is -2.57. The molecule has 138 valence electrons. The summed E-state index contributed by atoms with van der Waals surface area (Å²) >= 11 is 6.39. The Bertz CT molecular complexity index is 1000. The van der Waals surface area contributed by atoms with E-state index in [1.54, 1.807) is 11.6 Å². The van der Waals surface area contributed by atoms with Crippen LogP contribution in [0.25, 0.3) is 6.08 Å². The molecule has 0 amide bonds. The summed E-state index contributed by atoms with van der Waals surface area (Å²) in [6.45, 7) is 4.24. The summed E-state index contributed by atoms with van der Waals surface area (Å²) in [6, 6.07) is 11.3. The Kier molecular flexibility index (Phi) is 5.51. The van der Waals surface area contributed by atoms with Crippen molar-refractivity contribution in [3.05, 3.63) is 93.3 Å². The molecule has 0 radical (unpaired) electrons. The van der Waals surface area contributed by atoms with Crippen molar-refractivity contribution in [1.82, 2.24) is 9.78 Å². The van der Waals surface area contributed by atoms with E-state index in [1.165, 1.54) is 12.1 Å². The fourth-order valence-corrected chi connectivity index (χ4v) is 3.00. The first-order chi connectivity index (χ1) is 12.9. The molecule has 0 aliphatic heterocycles. The molecule has 3 rings (SSSR count). The van der Waals surface area contributed by atoms with Crippen LogP contribution in [0.5, 0.6) is 0 Å². The molecular formula is C21H17ClF2N2O. The number of hydrogen-bond acceptors (Lipinski definition) is 2. The predicted molar refractivity (Wildman–Crippen MR) is 102 cm³/mol. The van der Waals surface area contributed by atoms with E-state index in [-0.39, 0.29) is 0 Å². The first-order valence-electron chi connectivity index (χ1n) is 8.31. The van der Waals surface area contributed by atoms with Crippen LogP contribution in [-0.2, 0) is 6.54 Å². The second-order valence-corrected chi connectivity index (χ2v) is 6.59. The van der Waals surface area contributed by atoms with Gasteiger partial charge in [0.1, 0.15) is 16.8 Å². The van der Waals surface area contributed by atoms with E-state index in [2.05, 4.69) is 5.10 Å². The van der Waals surface area contributed by atoms with Crippen LogP contribution in [0.1, 0.15) is 32.7 Å². The fraction of sp³-hybridized carbons (Fsp3) is 0.143. The van der Waals surface area contributed by atoms with Crippen LogP contribution < -0.4 is 0 Å². The maximum absolute atomic E-state index is 13.7. The third-order valence-corrected chi connectivity index (χ3v) is 4.57. The molecule has 2 aromatic carbocycles. The molecule has 3 aromatic rings. The Morgan fingerprint density at radius 3 is 2.37 bits per heavy atom. The van der Waals surface area contributed by atoms with E-state index in [4.69, 9.17) is 11.6 Å². The average molecular weight is 387 g/mol. The summed E-state index contributed by atoms with van der Waals surface area (Å²) < 4.78 is 29.1. The van der Waals surface area contributed by atoms with Crippen LogP contribution in [0.4, 0.5) is 8.78 Å². The quantitative estimate of drug-likeness (QED) is 0.436. The van der Waals surface area contributed by atoms with Crippen molar-refractivity contribution in [3.8, 4) is 0 Å². The Labute approximate surface area is 160 Å². The highest BCUT2D eigenvalue weighted by molar-refractivity contribution is 6.31. The van der Waals surface area contributed by atoms with E-state index in [1.807, 2.05) is 31.2 Å². The SMILES string of the molecule is Cc1ccc(Cn2nc(C)c(/C=C/C(=O)c3c(F)cccc3F)c2Cl)cc1. The van der Waals surface area contributed by atoms with Crippen molar-refractivity contribution in [2.75, 3.05) is 0 Å². The van der Waals surface area contributed by atoms with E-state index in [0.717, 1.165) is 29.3 Å². The smallest absolute Gasteiger partial charge is 0.191 e. The van der Waals surface area contributed by atoms with Gasteiger partial charge in [0.05, 0.1) is 17.8 Å². The minimum atomic E-state index is -0.900. The van der Waals surface area contributed by atoms with Gasteiger partial charge < -0.3 is 0 Å². The Hall–Kier alpha value is -2.79. The van der Waals surface area contributed by atoms with Gasteiger partial charge in [-0.15, -0.1) is 0 Å². The normalized spacial score (nSPS) is 11.3. The van der Waals surface area contributed by atoms with Crippen molar-refractivity contribution in [1.29, 1.82) is 0 Å². The van der Waals surface area contributed by atoms with E-state index in [9.17, 15) is 13.6 Å². The zero-order chi connectivity index (χ0) is 19.6. The number of aryl methyl sites for hydroxylation is 2. The van der Waals surface area contributed by atoms with Gasteiger partial charge in [-0.25, -0.2) is 13.5 Å². The number of carbonyl (C=O) groups excluding carboxylic acids is 1. The summed E-state index contributed by atoms with van der Waals surface area (Å²) in [5.41, 5.74) is 2.75. The largest absolute Gasteiger partial charge is 0.289 e. The molecule has 0 N–H and O–H groups in total. The first-order valence-corrected chi connectivity index (χ1v) is 8.69. The molecule has 0 aliphatic carbocycles. The van der Waals surface area contributed by atoms with Crippen LogP contribution >= 0.6 is 11.6 Å². The Morgan fingerprint density at radius 2 is 1.74 bits per heavy atom. The van der Waals surface area contributed by atoms with Crippen LogP contribution in [-0.4, -0.2) is 15.6 Å².